The van der Waals surface area contributed by atoms with E-state index in [1.807, 2.05) is 15.5 Å². The summed E-state index contributed by atoms with van der Waals surface area (Å²) in [5, 5.41) is 12.1. The van der Waals surface area contributed by atoms with Gasteiger partial charge in [0.1, 0.15) is 35.7 Å². The topological polar surface area (TPSA) is 87.0 Å². The number of aryl methyl sites for hydroxylation is 1. The van der Waals surface area contributed by atoms with Crippen molar-refractivity contribution in [2.24, 2.45) is 5.92 Å². The summed E-state index contributed by atoms with van der Waals surface area (Å²) in [6.07, 6.45) is 3.37. The van der Waals surface area contributed by atoms with Crippen LogP contribution in [-0.2, 0) is 0 Å². The van der Waals surface area contributed by atoms with Crippen LogP contribution in [0.25, 0.3) is 10.9 Å². The van der Waals surface area contributed by atoms with Crippen molar-refractivity contribution in [3.05, 3.63) is 87.2 Å². The molecule has 1 aliphatic heterocycles. The van der Waals surface area contributed by atoms with E-state index in [4.69, 9.17) is 16.3 Å². The summed E-state index contributed by atoms with van der Waals surface area (Å²) >= 11 is 6.00. The lowest BCUT2D eigenvalue weighted by molar-refractivity contribution is 0.0316. The van der Waals surface area contributed by atoms with Crippen LogP contribution in [0, 0.1) is 24.5 Å². The van der Waals surface area contributed by atoms with Crippen molar-refractivity contribution in [2.75, 3.05) is 39.3 Å². The molecule has 2 aliphatic rings. The van der Waals surface area contributed by atoms with Crippen LogP contribution >= 0.6 is 11.6 Å². The number of benzene rings is 2. The fourth-order valence-corrected chi connectivity index (χ4v) is 5.16. The summed E-state index contributed by atoms with van der Waals surface area (Å²) < 4.78 is 35.3. The molecule has 2 N–H and O–H groups in total. The van der Waals surface area contributed by atoms with Gasteiger partial charge in [-0.25, -0.2) is 13.8 Å². The molecule has 0 radical (unpaired) electrons. The molecule has 3 atom stereocenters. The lowest BCUT2D eigenvalue weighted by Crippen LogP contribution is -2.55. The van der Waals surface area contributed by atoms with Gasteiger partial charge in [0.05, 0.1) is 10.5 Å². The number of ether oxygens (including phenoxy) is 1. The van der Waals surface area contributed by atoms with E-state index in [9.17, 15) is 23.5 Å². The number of hydrogen-bond acceptors (Lipinski definition) is 6. The molecule has 3 aromatic rings. The lowest BCUT2D eigenvalue weighted by Gasteiger charge is -2.35. The number of pyridine rings is 1. The van der Waals surface area contributed by atoms with Crippen LogP contribution in [-0.4, -0.2) is 70.9 Å². The van der Waals surface area contributed by atoms with Gasteiger partial charge in [-0.05, 0) is 43.0 Å². The largest absolute Gasteiger partial charge is 0.491 e. The SMILES string of the molecule is C=CC1CC1n1cc(C(=O)NN2CCN(C[C@@H](O)COc3ccc(C)c(F)c3)CC2)c(=O)c2cc(F)c(Cl)cc21. The monoisotopic (exact) mass is 572 g/mol. The second kappa shape index (κ2) is 11.7. The highest BCUT2D eigenvalue weighted by atomic mass is 35.5. The molecule has 1 saturated heterocycles. The minimum Gasteiger partial charge on any atom is -0.491 e. The van der Waals surface area contributed by atoms with Crippen LogP contribution in [0.3, 0.4) is 0 Å². The van der Waals surface area contributed by atoms with Gasteiger partial charge in [-0.3, -0.25) is 19.9 Å². The van der Waals surface area contributed by atoms with Gasteiger partial charge < -0.3 is 14.4 Å². The number of nitrogens with one attached hydrogen (secondary N) is 1. The molecule has 1 aromatic heterocycles. The Morgan fingerprint density at radius 1 is 1.23 bits per heavy atom. The molecule has 2 fully saturated rings. The first-order chi connectivity index (χ1) is 19.1. The van der Waals surface area contributed by atoms with Crippen molar-refractivity contribution < 1.29 is 23.4 Å². The van der Waals surface area contributed by atoms with Crippen LogP contribution in [0.1, 0.15) is 28.4 Å². The summed E-state index contributed by atoms with van der Waals surface area (Å²) in [5.41, 5.74) is 3.16. The molecule has 2 unspecified atom stereocenters. The van der Waals surface area contributed by atoms with Crippen LogP contribution in [0.2, 0.25) is 5.02 Å². The fraction of sp³-hybridized carbons (Fsp3) is 0.379. The molecule has 1 amide bonds. The Morgan fingerprint density at radius 3 is 2.65 bits per heavy atom. The van der Waals surface area contributed by atoms with E-state index in [0.717, 1.165) is 12.5 Å². The predicted octanol–water partition coefficient (Wildman–Crippen LogP) is 3.69. The Bertz CT molecular complexity index is 1510. The predicted molar refractivity (Wildman–Crippen MR) is 149 cm³/mol. The van der Waals surface area contributed by atoms with Crippen LogP contribution in [0.4, 0.5) is 8.78 Å². The standard InChI is InChI=1S/C29H31ClF2N4O4/c1-3-18-10-26(18)36-15-22(28(38)21-12-25(32)23(30)13-27(21)36)29(39)33-35-8-6-34(7-9-35)14-19(37)16-40-20-5-4-17(2)24(31)11-20/h3-5,11-13,15,18-19,26,37H,1,6-10,14,16H2,2H3,(H,33,39)/t18?,19-,26?/m1/s1. The summed E-state index contributed by atoms with van der Waals surface area (Å²) in [5.74, 6) is -1.11. The maximum absolute atomic E-state index is 14.3. The van der Waals surface area contributed by atoms with E-state index in [1.165, 1.54) is 18.3 Å². The van der Waals surface area contributed by atoms with Gasteiger partial charge in [0.2, 0.25) is 5.43 Å². The van der Waals surface area contributed by atoms with E-state index in [1.54, 1.807) is 24.1 Å². The smallest absolute Gasteiger partial charge is 0.271 e. The number of aliphatic hydroxyl groups excluding tert-OH is 1. The Morgan fingerprint density at radius 2 is 1.98 bits per heavy atom. The summed E-state index contributed by atoms with van der Waals surface area (Å²) in [6.45, 7) is 7.92. The van der Waals surface area contributed by atoms with Crippen molar-refractivity contribution in [2.45, 2.75) is 25.5 Å². The van der Waals surface area contributed by atoms with Crippen molar-refractivity contribution in [3.8, 4) is 5.75 Å². The second-order valence-corrected chi connectivity index (χ2v) is 10.8. The number of amides is 1. The molecule has 0 spiro atoms. The lowest BCUT2D eigenvalue weighted by atomic mass is 10.1. The van der Waals surface area contributed by atoms with Crippen LogP contribution < -0.4 is 15.6 Å². The third-order valence-electron chi connectivity index (χ3n) is 7.47. The normalized spacial score (nSPS) is 20.3. The zero-order chi connectivity index (χ0) is 28.6. The van der Waals surface area contributed by atoms with Gasteiger partial charge in [-0.2, -0.15) is 0 Å². The minimum absolute atomic E-state index is 0.0117. The van der Waals surface area contributed by atoms with E-state index in [-0.39, 0.29) is 40.4 Å². The van der Waals surface area contributed by atoms with Gasteiger partial charge in [0.25, 0.3) is 5.91 Å². The van der Waals surface area contributed by atoms with Gasteiger partial charge in [-0.15, -0.1) is 6.58 Å². The van der Waals surface area contributed by atoms with E-state index < -0.39 is 23.3 Å². The summed E-state index contributed by atoms with van der Waals surface area (Å²) in [7, 11) is 0. The number of hydrazine groups is 1. The molecule has 5 rings (SSSR count). The molecule has 8 nitrogen and oxygen atoms in total. The molecular formula is C29H31ClF2N4O4. The minimum atomic E-state index is -0.780. The number of allylic oxidation sites excluding steroid dienone is 1. The molecule has 1 saturated carbocycles. The Balaban J connectivity index is 1.19. The number of β-amino-alcohol motifs (C(OH)–C–C–N with tert-alkyl or cyclic N) is 1. The molecule has 2 heterocycles. The number of halogens is 3. The van der Waals surface area contributed by atoms with Crippen LogP contribution in [0.15, 0.2) is 54.0 Å². The van der Waals surface area contributed by atoms with Crippen molar-refractivity contribution in [1.29, 1.82) is 0 Å². The Hall–Kier alpha value is -3.31. The molecule has 40 heavy (non-hydrogen) atoms. The Kier molecular flexibility index (Phi) is 8.23. The zero-order valence-corrected chi connectivity index (χ0v) is 22.8. The average Bonchev–Trinajstić information content (AvgIpc) is 3.71. The first-order valence-corrected chi connectivity index (χ1v) is 13.5. The molecule has 0 bridgehead atoms. The van der Waals surface area contributed by atoms with Crippen LogP contribution in [0.5, 0.6) is 5.75 Å². The number of fused-ring (bicyclic) bond motifs is 1. The van der Waals surface area contributed by atoms with E-state index in [0.29, 0.717) is 49.6 Å². The molecule has 2 aromatic carbocycles. The van der Waals surface area contributed by atoms with Crippen molar-refractivity contribution >= 4 is 28.4 Å². The second-order valence-electron chi connectivity index (χ2n) is 10.4. The first-order valence-electron chi connectivity index (χ1n) is 13.2. The highest BCUT2D eigenvalue weighted by Gasteiger charge is 2.37. The van der Waals surface area contributed by atoms with Crippen molar-refractivity contribution in [1.82, 2.24) is 19.9 Å². The maximum Gasteiger partial charge on any atom is 0.271 e. The van der Waals surface area contributed by atoms with Gasteiger partial charge >= 0.3 is 0 Å². The fourth-order valence-electron chi connectivity index (χ4n) is 5.01. The number of nitrogens with zero attached hydrogens (tertiary/aromatic N) is 3. The number of aromatic nitrogens is 1. The van der Waals surface area contributed by atoms with Crippen molar-refractivity contribution in [3.63, 3.8) is 0 Å². The number of carbonyl (C=O) groups excluding carboxylic acids is 1. The molecule has 11 heteroatoms. The summed E-state index contributed by atoms with van der Waals surface area (Å²) in [4.78, 5) is 28.4. The number of piperazine rings is 1. The maximum atomic E-state index is 14.3. The highest BCUT2D eigenvalue weighted by molar-refractivity contribution is 6.31. The van der Waals surface area contributed by atoms with E-state index >= 15 is 0 Å². The van der Waals surface area contributed by atoms with Gasteiger partial charge in [0.15, 0.2) is 0 Å². The van der Waals surface area contributed by atoms with Gasteiger partial charge in [0, 0.05) is 56.4 Å². The zero-order valence-electron chi connectivity index (χ0n) is 22.1. The molecule has 212 valence electrons. The highest BCUT2D eigenvalue weighted by Crippen LogP contribution is 2.45. The quantitative estimate of drug-likeness (QED) is 0.380. The number of carbonyl (C=O) groups is 1. The Labute approximate surface area is 235 Å². The van der Waals surface area contributed by atoms with Gasteiger partial charge in [-0.1, -0.05) is 23.7 Å². The molecule has 1 aliphatic carbocycles. The third-order valence-corrected chi connectivity index (χ3v) is 7.76. The number of hydrogen-bond donors (Lipinski definition) is 2. The number of rotatable bonds is 9. The number of aliphatic hydroxyl groups is 1. The first kappa shape index (κ1) is 28.2. The third kappa shape index (κ3) is 6.05. The molecular weight excluding hydrogens is 542 g/mol. The van der Waals surface area contributed by atoms with E-state index in [2.05, 4.69) is 12.0 Å². The summed E-state index contributed by atoms with van der Waals surface area (Å²) in [6, 6.07) is 7.09. The average molecular weight is 573 g/mol.